The van der Waals surface area contributed by atoms with Gasteiger partial charge < -0.3 is 0 Å². The third-order valence-corrected chi connectivity index (χ3v) is 0.328. The van der Waals surface area contributed by atoms with E-state index in [1.807, 2.05) is 0 Å². The van der Waals surface area contributed by atoms with Gasteiger partial charge >= 0.3 is 6.09 Å². The molecule has 0 aromatic rings. The second-order valence-corrected chi connectivity index (χ2v) is 0.739. The van der Waals surface area contributed by atoms with E-state index < -0.39 is 6.09 Å². The molecule has 3 heteroatoms. The minimum Gasteiger partial charge on any atom is -0.219 e. The van der Waals surface area contributed by atoms with Crippen LogP contribution in [-0.2, 0) is 0 Å². The highest BCUT2D eigenvalue weighted by atomic mass is 19.1. The fraction of sp³-hybridized carbons (Fsp3) is 0. The van der Waals surface area contributed by atoms with E-state index in [-0.39, 0.29) is 0 Å². The Hall–Kier alpha value is -0.990. The molecular formula is C4H5FN2. The minimum atomic E-state index is -0.852. The van der Waals surface area contributed by atoms with Crippen LogP contribution in [0.15, 0.2) is 22.8 Å². The number of amidine groups is 1. The summed E-state index contributed by atoms with van der Waals surface area (Å²) in [6.45, 7) is 6.01. The van der Waals surface area contributed by atoms with Crippen LogP contribution in [0, 0.1) is 0 Å². The lowest BCUT2D eigenvalue weighted by molar-refractivity contribution is 0.792. The van der Waals surface area contributed by atoms with Gasteiger partial charge in [0.25, 0.3) is 0 Å². The largest absolute Gasteiger partial charge is 0.307 e. The first-order valence-corrected chi connectivity index (χ1v) is 1.62. The molecule has 38 valence electrons. The third-order valence-electron chi connectivity index (χ3n) is 0.328. The highest BCUT2D eigenvalue weighted by Crippen LogP contribution is 1.79. The SMILES string of the molecule is C=CN=C(F)N=C. The number of hydrogen-bond acceptors (Lipinski definition) is 1. The monoisotopic (exact) mass is 100 g/mol. The van der Waals surface area contributed by atoms with Crippen LogP contribution in [0.5, 0.6) is 0 Å². The maximum Gasteiger partial charge on any atom is 0.307 e. The summed E-state index contributed by atoms with van der Waals surface area (Å²) in [6, 6.07) is 0. The maximum absolute atomic E-state index is 11.6. The van der Waals surface area contributed by atoms with Crippen LogP contribution in [0.4, 0.5) is 4.39 Å². The Bertz CT molecular complexity index is 106. The van der Waals surface area contributed by atoms with Gasteiger partial charge in [0.05, 0.1) is 0 Å². The molecule has 0 aromatic carbocycles. The second kappa shape index (κ2) is 3.21. The van der Waals surface area contributed by atoms with Crippen molar-refractivity contribution >= 4 is 12.8 Å². The molecular weight excluding hydrogens is 95.1 g/mol. The molecule has 0 aliphatic heterocycles. The smallest absolute Gasteiger partial charge is 0.219 e. The predicted molar refractivity (Wildman–Crippen MR) is 28.3 cm³/mol. The molecule has 0 aliphatic carbocycles. The first kappa shape index (κ1) is 6.01. The third kappa shape index (κ3) is 2.82. The lowest BCUT2D eigenvalue weighted by Gasteiger charge is -1.74. The highest BCUT2D eigenvalue weighted by molar-refractivity contribution is 5.77. The number of rotatable bonds is 1. The number of halogens is 1. The van der Waals surface area contributed by atoms with E-state index in [4.69, 9.17) is 0 Å². The minimum absolute atomic E-state index is 0.852. The van der Waals surface area contributed by atoms with E-state index >= 15 is 0 Å². The van der Waals surface area contributed by atoms with Crippen LogP contribution in [0.2, 0.25) is 0 Å². The Morgan fingerprint density at radius 3 is 2.43 bits per heavy atom. The first-order chi connectivity index (χ1) is 3.31. The van der Waals surface area contributed by atoms with E-state index in [1.54, 1.807) is 0 Å². The normalized spacial score (nSPS) is 10.7. The van der Waals surface area contributed by atoms with Gasteiger partial charge in [-0.15, -0.1) is 0 Å². The van der Waals surface area contributed by atoms with E-state index in [2.05, 4.69) is 23.3 Å². The number of aliphatic imine (C=N–C) groups is 2. The zero-order chi connectivity index (χ0) is 5.70. The van der Waals surface area contributed by atoms with Crippen molar-refractivity contribution in [2.45, 2.75) is 0 Å². The van der Waals surface area contributed by atoms with Crippen molar-refractivity contribution in [3.63, 3.8) is 0 Å². The molecule has 0 heterocycles. The molecule has 0 unspecified atom stereocenters. The molecule has 0 bridgehead atoms. The Balaban J connectivity index is 3.72. The standard InChI is InChI=1S/C4H5FN2/c1-3-7-4(5)6-2/h3H,1-2H2. The van der Waals surface area contributed by atoms with Gasteiger partial charge in [-0.05, 0) is 6.72 Å². The summed E-state index contributed by atoms with van der Waals surface area (Å²) in [7, 11) is 0. The topological polar surface area (TPSA) is 24.7 Å². The van der Waals surface area contributed by atoms with Crippen LogP contribution in [0.25, 0.3) is 0 Å². The molecule has 0 rings (SSSR count). The molecule has 0 saturated carbocycles. The Morgan fingerprint density at radius 1 is 1.71 bits per heavy atom. The summed E-state index contributed by atoms with van der Waals surface area (Å²) in [5.74, 6) is 0. The van der Waals surface area contributed by atoms with Crippen LogP contribution in [0.1, 0.15) is 0 Å². The molecule has 0 N–H and O–H groups in total. The zero-order valence-electron chi connectivity index (χ0n) is 3.76. The summed E-state index contributed by atoms with van der Waals surface area (Å²) in [5, 5.41) is 0. The predicted octanol–water partition coefficient (Wildman–Crippen LogP) is 1.16. The molecule has 0 spiro atoms. The van der Waals surface area contributed by atoms with Crippen molar-refractivity contribution < 1.29 is 4.39 Å². The van der Waals surface area contributed by atoms with Crippen molar-refractivity contribution in [3.8, 4) is 0 Å². The van der Waals surface area contributed by atoms with Gasteiger partial charge in [0.1, 0.15) is 0 Å². The van der Waals surface area contributed by atoms with Crippen LogP contribution < -0.4 is 0 Å². The molecule has 2 nitrogen and oxygen atoms in total. The van der Waals surface area contributed by atoms with Crippen LogP contribution in [-0.4, -0.2) is 12.8 Å². The van der Waals surface area contributed by atoms with E-state index in [9.17, 15) is 4.39 Å². The van der Waals surface area contributed by atoms with Gasteiger partial charge in [-0.25, -0.2) is 9.98 Å². The molecule has 0 radical (unpaired) electrons. The summed E-state index contributed by atoms with van der Waals surface area (Å²) in [4.78, 5) is 5.87. The van der Waals surface area contributed by atoms with E-state index in [0.29, 0.717) is 0 Å². The van der Waals surface area contributed by atoms with E-state index in [1.165, 1.54) is 0 Å². The maximum atomic E-state index is 11.6. The van der Waals surface area contributed by atoms with E-state index in [0.717, 1.165) is 6.20 Å². The average molecular weight is 100 g/mol. The molecule has 0 atom stereocenters. The molecule has 0 aromatic heterocycles. The van der Waals surface area contributed by atoms with Gasteiger partial charge in [0, 0.05) is 6.20 Å². The Morgan fingerprint density at radius 2 is 2.29 bits per heavy atom. The fourth-order valence-corrected chi connectivity index (χ4v) is 0.116. The molecule has 7 heavy (non-hydrogen) atoms. The fourth-order valence-electron chi connectivity index (χ4n) is 0.116. The summed E-state index contributed by atoms with van der Waals surface area (Å²) >= 11 is 0. The Kier molecular flexibility index (Phi) is 2.76. The Labute approximate surface area is 41.1 Å². The quantitative estimate of drug-likeness (QED) is 0.268. The van der Waals surface area contributed by atoms with Gasteiger partial charge in [-0.1, -0.05) is 6.58 Å². The van der Waals surface area contributed by atoms with Crippen molar-refractivity contribution in [1.82, 2.24) is 0 Å². The van der Waals surface area contributed by atoms with Gasteiger partial charge in [-0.2, -0.15) is 4.39 Å². The van der Waals surface area contributed by atoms with Crippen molar-refractivity contribution in [3.05, 3.63) is 12.8 Å². The number of hydrogen-bond donors (Lipinski definition) is 0. The first-order valence-electron chi connectivity index (χ1n) is 1.62. The van der Waals surface area contributed by atoms with Gasteiger partial charge in [0.2, 0.25) is 0 Å². The molecule has 0 aliphatic rings. The second-order valence-electron chi connectivity index (χ2n) is 0.739. The van der Waals surface area contributed by atoms with Crippen LogP contribution in [0.3, 0.4) is 0 Å². The highest BCUT2D eigenvalue weighted by Gasteiger charge is 1.78. The lowest BCUT2D eigenvalue weighted by Crippen LogP contribution is -1.75. The zero-order valence-corrected chi connectivity index (χ0v) is 3.76. The lowest BCUT2D eigenvalue weighted by atomic mass is 11.0. The summed E-state index contributed by atoms with van der Waals surface area (Å²) in [6.07, 6.45) is 0.208. The molecule has 0 fully saturated rings. The van der Waals surface area contributed by atoms with Crippen molar-refractivity contribution in [2.24, 2.45) is 9.98 Å². The summed E-state index contributed by atoms with van der Waals surface area (Å²) < 4.78 is 11.6. The van der Waals surface area contributed by atoms with Gasteiger partial charge in [-0.3, -0.25) is 0 Å². The molecule has 0 saturated heterocycles. The molecule has 0 amide bonds. The van der Waals surface area contributed by atoms with Gasteiger partial charge in [0.15, 0.2) is 0 Å². The summed E-state index contributed by atoms with van der Waals surface area (Å²) in [5.41, 5.74) is 0. The average Bonchev–Trinajstić information content (AvgIpc) is 1.68. The van der Waals surface area contributed by atoms with Crippen LogP contribution >= 0.6 is 0 Å². The number of nitrogens with zero attached hydrogens (tertiary/aromatic N) is 2. The van der Waals surface area contributed by atoms with Crippen molar-refractivity contribution in [1.29, 1.82) is 0 Å². The van der Waals surface area contributed by atoms with Crippen molar-refractivity contribution in [2.75, 3.05) is 0 Å².